The summed E-state index contributed by atoms with van der Waals surface area (Å²) in [6.45, 7) is 1.48. The van der Waals surface area contributed by atoms with Gasteiger partial charge in [0.25, 0.3) is 0 Å². The molecular formula is C20H19N3S. The van der Waals surface area contributed by atoms with Gasteiger partial charge in [-0.15, -0.1) is 0 Å². The molecule has 0 bridgehead atoms. The molecule has 1 aromatic heterocycles. The van der Waals surface area contributed by atoms with Crippen LogP contribution in [0.4, 0.5) is 5.82 Å². The van der Waals surface area contributed by atoms with E-state index in [0.29, 0.717) is 4.99 Å². The summed E-state index contributed by atoms with van der Waals surface area (Å²) >= 11 is 5.21. The Morgan fingerprint density at radius 2 is 1.38 bits per heavy atom. The molecule has 24 heavy (non-hydrogen) atoms. The zero-order valence-electron chi connectivity index (χ0n) is 13.3. The molecule has 1 heterocycles. The van der Waals surface area contributed by atoms with Gasteiger partial charge in [0.2, 0.25) is 0 Å². The summed E-state index contributed by atoms with van der Waals surface area (Å²) in [5.41, 5.74) is 9.14. The van der Waals surface area contributed by atoms with Crippen molar-refractivity contribution in [3.63, 3.8) is 0 Å². The van der Waals surface area contributed by atoms with Crippen molar-refractivity contribution >= 4 is 23.0 Å². The highest BCUT2D eigenvalue weighted by molar-refractivity contribution is 7.80. The van der Waals surface area contributed by atoms with E-state index < -0.39 is 0 Å². The first-order valence-corrected chi connectivity index (χ1v) is 8.22. The van der Waals surface area contributed by atoms with Gasteiger partial charge in [-0.3, -0.25) is 0 Å². The van der Waals surface area contributed by atoms with Crippen LogP contribution in [0.1, 0.15) is 16.7 Å². The van der Waals surface area contributed by atoms with Crippen molar-refractivity contribution < 1.29 is 0 Å². The van der Waals surface area contributed by atoms with E-state index in [4.69, 9.17) is 18.0 Å². The number of hydrogen-bond acceptors (Lipinski definition) is 3. The summed E-state index contributed by atoms with van der Waals surface area (Å²) < 4.78 is 0. The van der Waals surface area contributed by atoms with Gasteiger partial charge in [-0.25, -0.2) is 4.98 Å². The Balaban J connectivity index is 1.97. The minimum atomic E-state index is 0.365. The zero-order chi connectivity index (χ0) is 16.8. The van der Waals surface area contributed by atoms with Crippen molar-refractivity contribution in [1.82, 2.24) is 4.98 Å². The van der Waals surface area contributed by atoms with Gasteiger partial charge in [-0.2, -0.15) is 0 Å². The first-order valence-electron chi connectivity index (χ1n) is 7.81. The maximum absolute atomic E-state index is 5.90. The van der Waals surface area contributed by atoms with Gasteiger partial charge in [0.15, 0.2) is 0 Å². The summed E-state index contributed by atoms with van der Waals surface area (Å²) in [6, 6.07) is 24.5. The third-order valence-corrected chi connectivity index (χ3v) is 4.00. The van der Waals surface area contributed by atoms with Crippen LogP contribution in [0, 0.1) is 0 Å². The van der Waals surface area contributed by atoms with Gasteiger partial charge < -0.3 is 10.6 Å². The fourth-order valence-electron chi connectivity index (χ4n) is 2.65. The summed E-state index contributed by atoms with van der Waals surface area (Å²) in [7, 11) is 0. The molecular weight excluding hydrogens is 314 g/mol. The molecule has 0 atom stereocenters. The Bertz CT molecular complexity index is 762. The minimum absolute atomic E-state index is 0.365. The minimum Gasteiger partial charge on any atom is -0.389 e. The molecule has 0 saturated carbocycles. The second kappa shape index (κ2) is 7.70. The van der Waals surface area contributed by atoms with Crippen molar-refractivity contribution in [2.24, 2.45) is 5.73 Å². The number of pyridine rings is 1. The smallest absolute Gasteiger partial charge is 0.139 e. The van der Waals surface area contributed by atoms with Crippen molar-refractivity contribution in [2.45, 2.75) is 13.1 Å². The number of rotatable bonds is 6. The molecule has 0 aliphatic carbocycles. The van der Waals surface area contributed by atoms with Crippen LogP contribution in [0.5, 0.6) is 0 Å². The Morgan fingerprint density at radius 1 is 0.833 bits per heavy atom. The van der Waals surface area contributed by atoms with Gasteiger partial charge in [0.1, 0.15) is 10.8 Å². The second-order valence-electron chi connectivity index (χ2n) is 5.57. The lowest BCUT2D eigenvalue weighted by atomic mass is 10.1. The Labute approximate surface area is 147 Å². The number of anilines is 1. The van der Waals surface area contributed by atoms with E-state index in [1.165, 1.54) is 11.1 Å². The molecule has 2 aromatic carbocycles. The molecule has 0 aliphatic rings. The van der Waals surface area contributed by atoms with Gasteiger partial charge in [-0.05, 0) is 23.3 Å². The van der Waals surface area contributed by atoms with Crippen molar-refractivity contribution in [2.75, 3.05) is 4.90 Å². The second-order valence-corrected chi connectivity index (χ2v) is 6.01. The molecule has 0 radical (unpaired) electrons. The van der Waals surface area contributed by atoms with Gasteiger partial charge in [0.05, 0.1) is 5.56 Å². The van der Waals surface area contributed by atoms with E-state index in [2.05, 4.69) is 34.1 Å². The van der Waals surface area contributed by atoms with Crippen LogP contribution in [-0.2, 0) is 13.1 Å². The Hall–Kier alpha value is -2.72. The number of thiocarbonyl (C=S) groups is 1. The summed E-state index contributed by atoms with van der Waals surface area (Å²) in [5, 5.41) is 0. The van der Waals surface area contributed by atoms with Crippen LogP contribution in [0.15, 0.2) is 79.0 Å². The molecule has 0 fully saturated rings. The van der Waals surface area contributed by atoms with Crippen LogP contribution < -0.4 is 10.6 Å². The third kappa shape index (κ3) is 3.97. The largest absolute Gasteiger partial charge is 0.389 e. The molecule has 0 unspecified atom stereocenters. The van der Waals surface area contributed by atoms with E-state index in [-0.39, 0.29) is 0 Å². The molecule has 3 aromatic rings. The summed E-state index contributed by atoms with van der Waals surface area (Å²) in [4.78, 5) is 7.12. The third-order valence-electron chi connectivity index (χ3n) is 3.78. The highest BCUT2D eigenvalue weighted by Gasteiger charge is 2.15. The van der Waals surface area contributed by atoms with E-state index in [1.807, 2.05) is 48.5 Å². The SMILES string of the molecule is NC(=S)c1cccnc1N(Cc1ccccc1)Cc1ccccc1. The van der Waals surface area contributed by atoms with E-state index in [0.717, 1.165) is 24.5 Å². The summed E-state index contributed by atoms with van der Waals surface area (Å²) in [6.07, 6.45) is 1.78. The lowest BCUT2D eigenvalue weighted by molar-refractivity contribution is 0.782. The first-order chi connectivity index (χ1) is 11.7. The Kier molecular flexibility index (Phi) is 5.18. The average molecular weight is 333 g/mol. The predicted molar refractivity (Wildman–Crippen MR) is 103 cm³/mol. The van der Waals surface area contributed by atoms with E-state index >= 15 is 0 Å². The number of aromatic nitrogens is 1. The number of nitrogens with two attached hydrogens (primary N) is 1. The molecule has 0 amide bonds. The Morgan fingerprint density at radius 3 is 1.88 bits per heavy atom. The maximum Gasteiger partial charge on any atom is 0.139 e. The normalized spacial score (nSPS) is 10.3. The van der Waals surface area contributed by atoms with Gasteiger partial charge in [-0.1, -0.05) is 72.9 Å². The molecule has 3 nitrogen and oxygen atoms in total. The molecule has 4 heteroatoms. The molecule has 0 spiro atoms. The molecule has 0 saturated heterocycles. The maximum atomic E-state index is 5.90. The fraction of sp³-hybridized carbons (Fsp3) is 0.100. The van der Waals surface area contributed by atoms with Crippen LogP contribution in [0.25, 0.3) is 0 Å². The standard InChI is InChI=1S/C20H19N3S/c21-19(24)18-12-7-13-22-20(18)23(14-16-8-3-1-4-9-16)15-17-10-5-2-6-11-17/h1-13H,14-15H2,(H2,21,24). The van der Waals surface area contributed by atoms with Gasteiger partial charge >= 0.3 is 0 Å². The fourth-order valence-corrected chi connectivity index (χ4v) is 2.81. The molecule has 120 valence electrons. The number of hydrogen-bond donors (Lipinski definition) is 1. The van der Waals surface area contributed by atoms with Crippen molar-refractivity contribution in [3.8, 4) is 0 Å². The lowest BCUT2D eigenvalue weighted by Crippen LogP contribution is -2.26. The van der Waals surface area contributed by atoms with E-state index in [1.54, 1.807) is 6.20 Å². The van der Waals surface area contributed by atoms with E-state index in [9.17, 15) is 0 Å². The molecule has 0 aliphatic heterocycles. The highest BCUT2D eigenvalue weighted by Crippen LogP contribution is 2.22. The highest BCUT2D eigenvalue weighted by atomic mass is 32.1. The van der Waals surface area contributed by atoms with Crippen LogP contribution >= 0.6 is 12.2 Å². The first kappa shape index (κ1) is 16.1. The predicted octanol–water partition coefficient (Wildman–Crippen LogP) is 3.92. The monoisotopic (exact) mass is 333 g/mol. The number of benzene rings is 2. The van der Waals surface area contributed by atoms with Crippen LogP contribution in [-0.4, -0.2) is 9.97 Å². The van der Waals surface area contributed by atoms with Crippen molar-refractivity contribution in [1.29, 1.82) is 0 Å². The quantitative estimate of drug-likeness (QED) is 0.694. The van der Waals surface area contributed by atoms with Crippen LogP contribution in [0.3, 0.4) is 0 Å². The molecule has 3 rings (SSSR count). The topological polar surface area (TPSA) is 42.1 Å². The molecule has 2 N–H and O–H groups in total. The lowest BCUT2D eigenvalue weighted by Gasteiger charge is -2.26. The van der Waals surface area contributed by atoms with Gasteiger partial charge in [0, 0.05) is 19.3 Å². The average Bonchev–Trinajstić information content (AvgIpc) is 2.63. The zero-order valence-corrected chi connectivity index (χ0v) is 14.1. The number of nitrogens with zero attached hydrogens (tertiary/aromatic N) is 2. The summed E-state index contributed by atoms with van der Waals surface area (Å²) in [5.74, 6) is 0.817. The van der Waals surface area contributed by atoms with Crippen molar-refractivity contribution in [3.05, 3.63) is 95.7 Å². The van der Waals surface area contributed by atoms with Crippen LogP contribution in [0.2, 0.25) is 0 Å².